The zero-order chi connectivity index (χ0) is 15.5. The van der Waals surface area contributed by atoms with Crippen LogP contribution in [-0.2, 0) is 10.0 Å². The van der Waals surface area contributed by atoms with Crippen molar-refractivity contribution in [3.63, 3.8) is 0 Å². The van der Waals surface area contributed by atoms with E-state index in [-0.39, 0.29) is 27.4 Å². The summed E-state index contributed by atoms with van der Waals surface area (Å²) in [6, 6.07) is 5.89. The Morgan fingerprint density at radius 1 is 1.38 bits per heavy atom. The van der Waals surface area contributed by atoms with E-state index in [4.69, 9.17) is 22.6 Å². The number of nitrogens with one attached hydrogen (secondary N) is 1. The third-order valence-corrected chi connectivity index (χ3v) is 5.69. The largest absolute Gasteiger partial charge is 0.330 e. The molecule has 1 fully saturated rings. The summed E-state index contributed by atoms with van der Waals surface area (Å²) < 4.78 is 27.6. The Hall–Kier alpha value is -1.13. The van der Waals surface area contributed by atoms with Gasteiger partial charge in [0.25, 0.3) is 0 Å². The minimum atomic E-state index is -3.65. The molecule has 0 heterocycles. The Bertz CT molecular complexity index is 655. The number of nitrogens with zero attached hydrogens (tertiary/aromatic N) is 1. The lowest BCUT2D eigenvalue weighted by atomic mass is 9.85. The fourth-order valence-corrected chi connectivity index (χ4v) is 4.32. The molecule has 0 spiro atoms. The van der Waals surface area contributed by atoms with Crippen molar-refractivity contribution in [2.45, 2.75) is 36.6 Å². The third-order valence-electron chi connectivity index (χ3n) is 3.89. The molecule has 0 aliphatic heterocycles. The molecular formula is C14H18ClN3O2S. The van der Waals surface area contributed by atoms with Gasteiger partial charge in [0.2, 0.25) is 10.0 Å². The number of hydrogen-bond donors (Lipinski definition) is 2. The monoisotopic (exact) mass is 327 g/mol. The number of nitrogens with two attached hydrogens (primary N) is 1. The summed E-state index contributed by atoms with van der Waals surface area (Å²) in [6.45, 7) is 0.474. The number of benzene rings is 1. The van der Waals surface area contributed by atoms with E-state index >= 15 is 0 Å². The van der Waals surface area contributed by atoms with Gasteiger partial charge in [-0.15, -0.1) is 0 Å². The Labute approximate surface area is 130 Å². The second-order valence-electron chi connectivity index (χ2n) is 5.26. The molecule has 114 valence electrons. The van der Waals surface area contributed by atoms with Gasteiger partial charge in [-0.05, 0) is 43.5 Å². The average Bonchev–Trinajstić information content (AvgIpc) is 2.47. The summed E-state index contributed by atoms with van der Waals surface area (Å²) in [4.78, 5) is 0.0767. The van der Waals surface area contributed by atoms with Crippen molar-refractivity contribution < 1.29 is 8.42 Å². The molecule has 2 rings (SSSR count). The lowest BCUT2D eigenvalue weighted by Crippen LogP contribution is -2.44. The minimum absolute atomic E-state index is 0.0767. The molecule has 3 N–H and O–H groups in total. The van der Waals surface area contributed by atoms with Crippen molar-refractivity contribution in [3.05, 3.63) is 28.8 Å². The van der Waals surface area contributed by atoms with Gasteiger partial charge in [0.1, 0.15) is 6.07 Å². The van der Waals surface area contributed by atoms with Crippen LogP contribution >= 0.6 is 11.6 Å². The van der Waals surface area contributed by atoms with Gasteiger partial charge in [-0.25, -0.2) is 13.1 Å². The van der Waals surface area contributed by atoms with Crippen LogP contribution in [0.5, 0.6) is 0 Å². The molecule has 0 radical (unpaired) electrons. The summed E-state index contributed by atoms with van der Waals surface area (Å²) >= 11 is 5.90. The first-order chi connectivity index (χ1) is 9.97. The SMILES string of the molecule is N#Cc1ccc(S(=O)(=O)NC2CCCCC2CN)cc1Cl. The van der Waals surface area contributed by atoms with Crippen LogP contribution in [0.3, 0.4) is 0 Å². The van der Waals surface area contributed by atoms with Crippen molar-refractivity contribution in [1.82, 2.24) is 4.72 Å². The van der Waals surface area contributed by atoms with Crippen LogP contribution in [0.1, 0.15) is 31.2 Å². The predicted octanol–water partition coefficient (Wildman–Crippen LogP) is 2.01. The maximum atomic E-state index is 12.4. The highest BCUT2D eigenvalue weighted by atomic mass is 35.5. The normalized spacial score (nSPS) is 22.7. The van der Waals surface area contributed by atoms with Crippen molar-refractivity contribution in [1.29, 1.82) is 5.26 Å². The number of halogens is 1. The Kier molecular flexibility index (Phi) is 5.22. The van der Waals surface area contributed by atoms with E-state index < -0.39 is 10.0 Å². The molecule has 21 heavy (non-hydrogen) atoms. The van der Waals surface area contributed by atoms with Gasteiger partial charge in [0.05, 0.1) is 15.5 Å². The van der Waals surface area contributed by atoms with Crippen LogP contribution in [-0.4, -0.2) is 21.0 Å². The van der Waals surface area contributed by atoms with Gasteiger partial charge in [-0.2, -0.15) is 5.26 Å². The van der Waals surface area contributed by atoms with Gasteiger partial charge in [0, 0.05) is 6.04 Å². The first kappa shape index (κ1) is 16.2. The Morgan fingerprint density at radius 3 is 2.71 bits per heavy atom. The van der Waals surface area contributed by atoms with Gasteiger partial charge in [-0.1, -0.05) is 24.4 Å². The highest BCUT2D eigenvalue weighted by molar-refractivity contribution is 7.89. The van der Waals surface area contributed by atoms with Gasteiger partial charge in [0.15, 0.2) is 0 Å². The van der Waals surface area contributed by atoms with E-state index in [0.717, 1.165) is 25.7 Å². The van der Waals surface area contributed by atoms with E-state index in [0.29, 0.717) is 6.54 Å². The second kappa shape index (κ2) is 6.75. The molecule has 1 aliphatic carbocycles. The van der Waals surface area contributed by atoms with Crippen LogP contribution in [0.25, 0.3) is 0 Å². The molecular weight excluding hydrogens is 310 g/mol. The van der Waals surface area contributed by atoms with E-state index in [1.807, 2.05) is 6.07 Å². The lowest BCUT2D eigenvalue weighted by Gasteiger charge is -2.31. The summed E-state index contributed by atoms with van der Waals surface area (Å²) in [7, 11) is -3.65. The second-order valence-corrected chi connectivity index (χ2v) is 7.38. The fourth-order valence-electron chi connectivity index (χ4n) is 2.67. The summed E-state index contributed by atoms with van der Waals surface area (Å²) in [5.74, 6) is 0.169. The number of nitriles is 1. The first-order valence-corrected chi connectivity index (χ1v) is 8.76. The maximum absolute atomic E-state index is 12.4. The average molecular weight is 328 g/mol. The molecule has 7 heteroatoms. The van der Waals surface area contributed by atoms with E-state index in [2.05, 4.69) is 4.72 Å². The van der Waals surface area contributed by atoms with Gasteiger partial charge >= 0.3 is 0 Å². The number of rotatable bonds is 4. The van der Waals surface area contributed by atoms with Crippen LogP contribution in [0.15, 0.2) is 23.1 Å². The standard InChI is InChI=1S/C14H18ClN3O2S/c15-13-7-12(6-5-10(13)8-16)21(19,20)18-14-4-2-1-3-11(14)9-17/h5-7,11,14,18H,1-4,9,17H2. The van der Waals surface area contributed by atoms with Gasteiger partial charge < -0.3 is 5.73 Å². The van der Waals surface area contributed by atoms with Gasteiger partial charge in [-0.3, -0.25) is 0 Å². The van der Waals surface area contributed by atoms with E-state index in [9.17, 15) is 8.42 Å². The molecule has 0 aromatic heterocycles. The molecule has 5 nitrogen and oxygen atoms in total. The van der Waals surface area contributed by atoms with Crippen LogP contribution in [0, 0.1) is 17.2 Å². The molecule has 2 atom stereocenters. The van der Waals surface area contributed by atoms with Crippen molar-refractivity contribution in [2.24, 2.45) is 11.7 Å². The topological polar surface area (TPSA) is 96.0 Å². The van der Waals surface area contributed by atoms with Crippen molar-refractivity contribution >= 4 is 21.6 Å². The van der Waals surface area contributed by atoms with Crippen molar-refractivity contribution in [2.75, 3.05) is 6.54 Å². The van der Waals surface area contributed by atoms with Crippen LogP contribution < -0.4 is 10.5 Å². The lowest BCUT2D eigenvalue weighted by molar-refractivity contribution is 0.296. The van der Waals surface area contributed by atoms with E-state index in [1.54, 1.807) is 0 Å². The zero-order valence-corrected chi connectivity index (χ0v) is 13.1. The van der Waals surface area contributed by atoms with Crippen molar-refractivity contribution in [3.8, 4) is 6.07 Å². The quantitative estimate of drug-likeness (QED) is 0.884. The molecule has 1 aliphatic rings. The Morgan fingerprint density at radius 2 is 2.10 bits per heavy atom. The first-order valence-electron chi connectivity index (χ1n) is 6.90. The summed E-state index contributed by atoms with van der Waals surface area (Å²) in [5.41, 5.74) is 5.98. The molecule has 0 amide bonds. The third kappa shape index (κ3) is 3.74. The predicted molar refractivity (Wildman–Crippen MR) is 81.3 cm³/mol. The van der Waals surface area contributed by atoms with E-state index in [1.165, 1.54) is 18.2 Å². The summed E-state index contributed by atoms with van der Waals surface area (Å²) in [6.07, 6.45) is 3.82. The Balaban J connectivity index is 2.22. The van der Waals surface area contributed by atoms with Crippen LogP contribution in [0.2, 0.25) is 5.02 Å². The molecule has 2 unspecified atom stereocenters. The zero-order valence-electron chi connectivity index (χ0n) is 11.5. The smallest absolute Gasteiger partial charge is 0.240 e. The number of hydrogen-bond acceptors (Lipinski definition) is 4. The highest BCUT2D eigenvalue weighted by Gasteiger charge is 2.28. The number of sulfonamides is 1. The molecule has 1 saturated carbocycles. The molecule has 1 aromatic carbocycles. The van der Waals surface area contributed by atoms with Crippen LogP contribution in [0.4, 0.5) is 0 Å². The molecule has 1 aromatic rings. The maximum Gasteiger partial charge on any atom is 0.240 e. The fraction of sp³-hybridized carbons (Fsp3) is 0.500. The summed E-state index contributed by atoms with van der Waals surface area (Å²) in [5, 5.41) is 8.96. The molecule has 0 saturated heterocycles. The minimum Gasteiger partial charge on any atom is -0.330 e. The molecule has 0 bridgehead atoms. The highest BCUT2D eigenvalue weighted by Crippen LogP contribution is 2.26.